The van der Waals surface area contributed by atoms with Crippen molar-refractivity contribution in [2.24, 2.45) is 0 Å². The maximum Gasteiger partial charge on any atom is 0.414 e. The lowest BCUT2D eigenvalue weighted by Crippen LogP contribution is -2.35. The second-order valence-electron chi connectivity index (χ2n) is 7.50. The van der Waals surface area contributed by atoms with E-state index in [1.54, 1.807) is 4.90 Å². The van der Waals surface area contributed by atoms with E-state index < -0.39 is 5.60 Å². The number of rotatable bonds is 4. The van der Waals surface area contributed by atoms with Gasteiger partial charge in [-0.2, -0.15) is 0 Å². The SMILES string of the molecule is CCCCOc1cc2c(c3ccccc13)CCN2C(=O)OC(C)(C)C. The Morgan fingerprint density at radius 1 is 1.20 bits per heavy atom. The van der Waals surface area contributed by atoms with Gasteiger partial charge in [0.1, 0.15) is 11.4 Å². The van der Waals surface area contributed by atoms with Gasteiger partial charge in [-0.25, -0.2) is 4.79 Å². The lowest BCUT2D eigenvalue weighted by molar-refractivity contribution is 0.0584. The van der Waals surface area contributed by atoms with E-state index in [1.807, 2.05) is 39.0 Å². The van der Waals surface area contributed by atoms with E-state index in [-0.39, 0.29) is 6.09 Å². The molecule has 0 spiro atoms. The minimum Gasteiger partial charge on any atom is -0.493 e. The second kappa shape index (κ2) is 6.95. The normalized spacial score (nSPS) is 13.8. The number of ether oxygens (including phenoxy) is 2. The highest BCUT2D eigenvalue weighted by Gasteiger charge is 2.31. The van der Waals surface area contributed by atoms with Crippen LogP contribution in [0, 0.1) is 0 Å². The number of unbranched alkanes of at least 4 members (excludes halogenated alkanes) is 1. The van der Waals surface area contributed by atoms with Crippen molar-refractivity contribution in [1.29, 1.82) is 0 Å². The summed E-state index contributed by atoms with van der Waals surface area (Å²) in [5.74, 6) is 0.846. The molecule has 0 bridgehead atoms. The highest BCUT2D eigenvalue weighted by molar-refractivity contribution is 6.01. The molecule has 134 valence electrons. The summed E-state index contributed by atoms with van der Waals surface area (Å²) in [6, 6.07) is 10.3. The first kappa shape index (κ1) is 17.6. The summed E-state index contributed by atoms with van der Waals surface area (Å²) in [4.78, 5) is 14.3. The van der Waals surface area contributed by atoms with Gasteiger partial charge in [0.05, 0.1) is 12.3 Å². The minimum atomic E-state index is -0.503. The number of hydrogen-bond donors (Lipinski definition) is 0. The minimum absolute atomic E-state index is 0.291. The van der Waals surface area contributed by atoms with Gasteiger partial charge in [0, 0.05) is 18.0 Å². The molecule has 4 heteroatoms. The van der Waals surface area contributed by atoms with Gasteiger partial charge in [0.2, 0.25) is 0 Å². The van der Waals surface area contributed by atoms with Gasteiger partial charge < -0.3 is 9.47 Å². The third kappa shape index (κ3) is 3.73. The molecule has 1 heterocycles. The van der Waals surface area contributed by atoms with Gasteiger partial charge in [0.15, 0.2) is 0 Å². The highest BCUT2D eigenvalue weighted by atomic mass is 16.6. The van der Waals surface area contributed by atoms with Gasteiger partial charge >= 0.3 is 6.09 Å². The topological polar surface area (TPSA) is 38.8 Å². The Hall–Kier alpha value is -2.23. The molecule has 0 unspecified atom stereocenters. The zero-order chi connectivity index (χ0) is 18.0. The molecule has 1 amide bonds. The molecule has 25 heavy (non-hydrogen) atoms. The van der Waals surface area contributed by atoms with Crippen molar-refractivity contribution in [2.45, 2.75) is 52.6 Å². The number of nitrogens with zero attached hydrogens (tertiary/aromatic N) is 1. The molecular weight excluding hydrogens is 314 g/mol. The summed E-state index contributed by atoms with van der Waals surface area (Å²) in [6.45, 7) is 9.15. The quantitative estimate of drug-likeness (QED) is 0.707. The first-order valence-corrected chi connectivity index (χ1v) is 9.08. The molecule has 0 radical (unpaired) electrons. The van der Waals surface area contributed by atoms with Crippen molar-refractivity contribution in [1.82, 2.24) is 0 Å². The van der Waals surface area contributed by atoms with Crippen molar-refractivity contribution in [3.05, 3.63) is 35.9 Å². The van der Waals surface area contributed by atoms with Crippen LogP contribution in [0.4, 0.5) is 10.5 Å². The fourth-order valence-electron chi connectivity index (χ4n) is 3.19. The Kier molecular flexibility index (Phi) is 4.89. The number of fused-ring (bicyclic) bond motifs is 3. The number of carbonyl (C=O) groups is 1. The van der Waals surface area contributed by atoms with E-state index in [2.05, 4.69) is 19.1 Å². The van der Waals surface area contributed by atoms with Crippen LogP contribution in [0.15, 0.2) is 30.3 Å². The van der Waals surface area contributed by atoms with E-state index in [0.29, 0.717) is 13.2 Å². The molecule has 2 aromatic rings. The van der Waals surface area contributed by atoms with Crippen LogP contribution in [0.25, 0.3) is 10.8 Å². The average Bonchev–Trinajstić information content (AvgIpc) is 2.97. The summed E-state index contributed by atoms with van der Waals surface area (Å²) >= 11 is 0. The largest absolute Gasteiger partial charge is 0.493 e. The fourth-order valence-corrected chi connectivity index (χ4v) is 3.19. The number of amides is 1. The van der Waals surface area contributed by atoms with E-state index in [1.165, 1.54) is 5.56 Å². The molecule has 0 saturated carbocycles. The first-order valence-electron chi connectivity index (χ1n) is 9.08. The van der Waals surface area contributed by atoms with Crippen LogP contribution < -0.4 is 9.64 Å². The van der Waals surface area contributed by atoms with Crippen LogP contribution >= 0.6 is 0 Å². The summed E-state index contributed by atoms with van der Waals surface area (Å²) < 4.78 is 11.6. The van der Waals surface area contributed by atoms with Gasteiger partial charge in [-0.15, -0.1) is 0 Å². The molecule has 3 rings (SSSR count). The molecule has 0 fully saturated rings. The average molecular weight is 341 g/mol. The first-order chi connectivity index (χ1) is 11.9. The van der Waals surface area contributed by atoms with E-state index in [0.717, 1.165) is 41.5 Å². The lowest BCUT2D eigenvalue weighted by Gasteiger charge is -2.25. The number of hydrogen-bond acceptors (Lipinski definition) is 3. The standard InChI is InChI=1S/C21H27NO3/c1-5-6-13-24-19-14-18-16(15-9-7-8-10-17(15)19)11-12-22(18)20(23)25-21(2,3)4/h7-10,14H,5-6,11-13H2,1-4H3. The maximum absolute atomic E-state index is 12.6. The zero-order valence-corrected chi connectivity index (χ0v) is 15.6. The summed E-state index contributed by atoms with van der Waals surface area (Å²) in [7, 11) is 0. The fraction of sp³-hybridized carbons (Fsp3) is 0.476. The molecule has 1 aliphatic rings. The van der Waals surface area contributed by atoms with Crippen molar-refractivity contribution < 1.29 is 14.3 Å². The number of anilines is 1. The van der Waals surface area contributed by atoms with Gasteiger partial charge in [-0.1, -0.05) is 37.6 Å². The molecule has 1 aliphatic heterocycles. The van der Waals surface area contributed by atoms with E-state index in [4.69, 9.17) is 9.47 Å². The van der Waals surface area contributed by atoms with Crippen LogP contribution in [-0.4, -0.2) is 24.8 Å². The molecule has 0 aliphatic carbocycles. The van der Waals surface area contributed by atoms with Crippen molar-refractivity contribution in [2.75, 3.05) is 18.1 Å². The van der Waals surface area contributed by atoms with Crippen molar-refractivity contribution >= 4 is 22.6 Å². The Bertz CT molecular complexity index is 777. The second-order valence-corrected chi connectivity index (χ2v) is 7.50. The molecule has 0 aromatic heterocycles. The van der Waals surface area contributed by atoms with Crippen molar-refractivity contribution in [3.8, 4) is 5.75 Å². The smallest absolute Gasteiger partial charge is 0.414 e. The van der Waals surface area contributed by atoms with Crippen LogP contribution in [-0.2, 0) is 11.2 Å². The van der Waals surface area contributed by atoms with Crippen molar-refractivity contribution in [3.63, 3.8) is 0 Å². The predicted molar refractivity (Wildman–Crippen MR) is 102 cm³/mol. The van der Waals surface area contributed by atoms with E-state index >= 15 is 0 Å². The van der Waals surface area contributed by atoms with Gasteiger partial charge in [0.25, 0.3) is 0 Å². The molecule has 0 N–H and O–H groups in total. The number of benzene rings is 2. The predicted octanol–water partition coefficient (Wildman–Crippen LogP) is 5.32. The summed E-state index contributed by atoms with van der Waals surface area (Å²) in [6.07, 6.45) is 2.65. The zero-order valence-electron chi connectivity index (χ0n) is 15.6. The Morgan fingerprint density at radius 3 is 2.60 bits per heavy atom. The third-order valence-corrected chi connectivity index (χ3v) is 4.34. The Balaban J connectivity index is 2.00. The Labute approximate surface area is 149 Å². The van der Waals surface area contributed by atoms with Crippen LogP contribution in [0.5, 0.6) is 5.75 Å². The summed E-state index contributed by atoms with van der Waals surface area (Å²) in [5.41, 5.74) is 1.61. The molecule has 0 atom stereocenters. The van der Waals surface area contributed by atoms with Crippen LogP contribution in [0.3, 0.4) is 0 Å². The Morgan fingerprint density at radius 2 is 1.92 bits per heavy atom. The molecule has 4 nitrogen and oxygen atoms in total. The van der Waals surface area contributed by atoms with Crippen LogP contribution in [0.2, 0.25) is 0 Å². The highest BCUT2D eigenvalue weighted by Crippen LogP contribution is 2.40. The third-order valence-electron chi connectivity index (χ3n) is 4.34. The van der Waals surface area contributed by atoms with Gasteiger partial charge in [-0.05, 0) is 44.6 Å². The maximum atomic E-state index is 12.6. The van der Waals surface area contributed by atoms with Gasteiger partial charge in [-0.3, -0.25) is 4.90 Å². The molecular formula is C21H27NO3. The van der Waals surface area contributed by atoms with Crippen LogP contribution in [0.1, 0.15) is 46.1 Å². The summed E-state index contributed by atoms with van der Waals surface area (Å²) in [5, 5.41) is 2.28. The van der Waals surface area contributed by atoms with E-state index in [9.17, 15) is 4.79 Å². The molecule has 2 aromatic carbocycles. The lowest BCUT2D eigenvalue weighted by atomic mass is 10.0. The monoisotopic (exact) mass is 341 g/mol. The number of carbonyl (C=O) groups excluding carboxylic acids is 1. The molecule has 0 saturated heterocycles.